The van der Waals surface area contributed by atoms with Crippen molar-refractivity contribution in [2.24, 2.45) is 7.05 Å². The van der Waals surface area contributed by atoms with Gasteiger partial charge >= 0.3 is 11.7 Å². The third kappa shape index (κ3) is 5.04. The van der Waals surface area contributed by atoms with Crippen molar-refractivity contribution in [2.75, 3.05) is 0 Å². The molecule has 0 saturated carbocycles. The second-order valence-electron chi connectivity index (χ2n) is 9.01. The Kier molecular flexibility index (Phi) is 6.75. The van der Waals surface area contributed by atoms with E-state index in [1.54, 1.807) is 31.3 Å². The number of carbonyl (C=O) groups is 1. The van der Waals surface area contributed by atoms with Crippen molar-refractivity contribution >= 4 is 16.9 Å². The second kappa shape index (κ2) is 10.5. The van der Waals surface area contributed by atoms with E-state index in [1.807, 2.05) is 24.3 Å². The van der Waals surface area contributed by atoms with Gasteiger partial charge in [0.25, 0.3) is 5.56 Å². The molecule has 0 radical (unpaired) electrons. The zero-order valence-electron chi connectivity index (χ0n) is 20.7. The molecule has 6 nitrogen and oxygen atoms in total. The van der Waals surface area contributed by atoms with Gasteiger partial charge in [-0.05, 0) is 52.6 Å². The van der Waals surface area contributed by atoms with Crippen molar-refractivity contribution < 1.29 is 9.90 Å². The van der Waals surface area contributed by atoms with Gasteiger partial charge in [-0.1, -0.05) is 78.6 Å². The molecule has 1 N–H and O–H groups in total. The van der Waals surface area contributed by atoms with Gasteiger partial charge in [0.1, 0.15) is 0 Å². The van der Waals surface area contributed by atoms with Crippen LogP contribution in [0.1, 0.15) is 27.0 Å². The number of carboxylic acids is 1. The Morgan fingerprint density at radius 3 is 2.16 bits per heavy atom. The summed E-state index contributed by atoms with van der Waals surface area (Å²) in [6.45, 7) is 0.0379. The summed E-state index contributed by atoms with van der Waals surface area (Å²) in [7, 11) is 1.62. The molecule has 0 unspecified atom stereocenters. The Morgan fingerprint density at radius 1 is 0.816 bits per heavy atom. The lowest BCUT2D eigenvalue weighted by Crippen LogP contribution is -2.39. The minimum Gasteiger partial charge on any atom is -0.478 e. The number of aromatic nitrogens is 2. The molecule has 5 aromatic rings. The highest BCUT2D eigenvalue weighted by atomic mass is 16.4. The summed E-state index contributed by atoms with van der Waals surface area (Å²) in [5, 5.41) is 9.49. The lowest BCUT2D eigenvalue weighted by molar-refractivity contribution is 0.0697. The van der Waals surface area contributed by atoms with Crippen LogP contribution in [0.15, 0.2) is 107 Å². The zero-order valence-corrected chi connectivity index (χ0v) is 20.7. The molecule has 0 bridgehead atoms. The Morgan fingerprint density at radius 2 is 1.47 bits per heavy atom. The van der Waals surface area contributed by atoms with Crippen LogP contribution in [0.3, 0.4) is 0 Å². The van der Waals surface area contributed by atoms with Gasteiger partial charge in [-0.15, -0.1) is 0 Å². The third-order valence-corrected chi connectivity index (χ3v) is 6.48. The first kappa shape index (κ1) is 24.5. The van der Waals surface area contributed by atoms with E-state index in [4.69, 9.17) is 5.11 Å². The van der Waals surface area contributed by atoms with E-state index in [0.717, 1.165) is 15.7 Å². The van der Waals surface area contributed by atoms with Gasteiger partial charge < -0.3 is 5.11 Å². The molecule has 0 spiro atoms. The van der Waals surface area contributed by atoms with Crippen molar-refractivity contribution in [3.63, 3.8) is 0 Å². The van der Waals surface area contributed by atoms with Crippen LogP contribution in [-0.4, -0.2) is 20.2 Å². The van der Waals surface area contributed by atoms with Crippen LogP contribution in [0.25, 0.3) is 22.0 Å². The maximum atomic E-state index is 13.3. The maximum Gasteiger partial charge on any atom is 0.335 e. The second-order valence-corrected chi connectivity index (χ2v) is 9.01. The monoisotopic (exact) mass is 500 g/mol. The standard InChI is InChI=1S/C32H24N2O4/c1-33-29-19-14-23(7-5-6-22-10-15-26(16-11-22)25-8-3-2-4-9-25)20-28(29)30(35)34(32(33)38)21-24-12-17-27(18-13-24)31(36)37/h2-4,8-20H,6,21H2,1H3,(H,36,37). The molecule has 0 atom stereocenters. The average Bonchev–Trinajstić information content (AvgIpc) is 2.95. The van der Waals surface area contributed by atoms with Crippen LogP contribution in [0.5, 0.6) is 0 Å². The Balaban J connectivity index is 1.40. The first-order chi connectivity index (χ1) is 18.4. The number of aryl methyl sites for hydroxylation is 1. The van der Waals surface area contributed by atoms with Crippen molar-refractivity contribution in [2.45, 2.75) is 13.0 Å². The first-order valence-electron chi connectivity index (χ1n) is 12.1. The van der Waals surface area contributed by atoms with Crippen LogP contribution < -0.4 is 11.2 Å². The Hall–Kier alpha value is -5.15. The largest absolute Gasteiger partial charge is 0.478 e. The Bertz CT molecular complexity index is 1820. The van der Waals surface area contributed by atoms with Crippen molar-refractivity contribution in [3.8, 4) is 23.0 Å². The first-order valence-corrected chi connectivity index (χ1v) is 12.1. The number of rotatable bonds is 5. The molecular weight excluding hydrogens is 476 g/mol. The van der Waals surface area contributed by atoms with Gasteiger partial charge in [-0.3, -0.25) is 13.9 Å². The van der Waals surface area contributed by atoms with E-state index < -0.39 is 17.2 Å². The van der Waals surface area contributed by atoms with Crippen LogP contribution >= 0.6 is 0 Å². The summed E-state index contributed by atoms with van der Waals surface area (Å²) < 4.78 is 2.59. The third-order valence-electron chi connectivity index (χ3n) is 6.48. The minimum absolute atomic E-state index is 0.0379. The molecule has 0 amide bonds. The molecule has 1 aromatic heterocycles. The zero-order chi connectivity index (χ0) is 26.6. The predicted octanol–water partition coefficient (Wildman–Crippen LogP) is 4.71. The highest BCUT2D eigenvalue weighted by Crippen LogP contribution is 2.19. The van der Waals surface area contributed by atoms with Crippen LogP contribution in [0.4, 0.5) is 0 Å². The molecule has 6 heteroatoms. The van der Waals surface area contributed by atoms with Gasteiger partial charge in [0, 0.05) is 19.0 Å². The quantitative estimate of drug-likeness (QED) is 0.355. The molecule has 0 saturated heterocycles. The highest BCUT2D eigenvalue weighted by Gasteiger charge is 2.12. The molecular formula is C32H24N2O4. The fourth-order valence-corrected chi connectivity index (χ4v) is 4.36. The molecule has 5 rings (SSSR count). The number of aromatic carboxylic acids is 1. The van der Waals surface area contributed by atoms with E-state index in [1.165, 1.54) is 22.3 Å². The van der Waals surface area contributed by atoms with E-state index in [9.17, 15) is 14.4 Å². The van der Waals surface area contributed by atoms with Gasteiger partial charge in [0.05, 0.1) is 23.0 Å². The smallest absolute Gasteiger partial charge is 0.335 e. The van der Waals surface area contributed by atoms with Gasteiger partial charge in [-0.25, -0.2) is 9.59 Å². The van der Waals surface area contributed by atoms with Crippen LogP contribution in [0.2, 0.25) is 0 Å². The topological polar surface area (TPSA) is 81.3 Å². The molecule has 0 aliphatic carbocycles. The fourth-order valence-electron chi connectivity index (χ4n) is 4.36. The minimum atomic E-state index is -1.03. The van der Waals surface area contributed by atoms with E-state index in [2.05, 4.69) is 48.2 Å². The summed E-state index contributed by atoms with van der Waals surface area (Å²) >= 11 is 0. The molecule has 0 aliphatic heterocycles. The predicted molar refractivity (Wildman–Crippen MR) is 148 cm³/mol. The molecule has 1 heterocycles. The fraction of sp³-hybridized carbons (Fsp3) is 0.0938. The van der Waals surface area contributed by atoms with E-state index in [-0.39, 0.29) is 12.1 Å². The molecule has 38 heavy (non-hydrogen) atoms. The summed E-state index contributed by atoms with van der Waals surface area (Å²) in [4.78, 5) is 37.3. The summed E-state index contributed by atoms with van der Waals surface area (Å²) in [6, 6.07) is 29.9. The molecule has 0 fully saturated rings. The number of carboxylic acid groups (broad SMARTS) is 1. The van der Waals surface area contributed by atoms with Crippen molar-refractivity contribution in [1.29, 1.82) is 0 Å². The molecule has 186 valence electrons. The van der Waals surface area contributed by atoms with Gasteiger partial charge in [0.2, 0.25) is 0 Å². The number of nitrogens with zero attached hydrogens (tertiary/aromatic N) is 2. The van der Waals surface area contributed by atoms with Crippen LogP contribution in [-0.2, 0) is 20.0 Å². The number of hydrogen-bond donors (Lipinski definition) is 1. The molecule has 4 aromatic carbocycles. The van der Waals surface area contributed by atoms with Gasteiger partial charge in [-0.2, -0.15) is 0 Å². The van der Waals surface area contributed by atoms with Crippen LogP contribution in [0, 0.1) is 11.8 Å². The number of hydrogen-bond acceptors (Lipinski definition) is 3. The van der Waals surface area contributed by atoms with E-state index >= 15 is 0 Å². The van der Waals surface area contributed by atoms with Gasteiger partial charge in [0.15, 0.2) is 0 Å². The SMILES string of the molecule is Cn1c(=O)n(Cc2ccc(C(=O)O)cc2)c(=O)c2cc(C#CCc3ccc(-c4ccccc4)cc3)ccc21. The van der Waals surface area contributed by atoms with E-state index in [0.29, 0.717) is 28.5 Å². The van der Waals surface area contributed by atoms with Crippen molar-refractivity contribution in [3.05, 3.63) is 140 Å². The maximum absolute atomic E-state index is 13.3. The lowest BCUT2D eigenvalue weighted by atomic mass is 10.0. The number of fused-ring (bicyclic) bond motifs is 1. The lowest BCUT2D eigenvalue weighted by Gasteiger charge is -2.11. The summed E-state index contributed by atoms with van der Waals surface area (Å²) in [5.74, 6) is 5.28. The summed E-state index contributed by atoms with van der Waals surface area (Å²) in [6.07, 6.45) is 0.566. The summed E-state index contributed by atoms with van der Waals surface area (Å²) in [5.41, 5.74) is 4.57. The highest BCUT2D eigenvalue weighted by molar-refractivity contribution is 5.87. The Labute approximate surface area is 219 Å². The number of benzene rings is 4. The molecule has 0 aliphatic rings. The normalized spacial score (nSPS) is 10.7. The van der Waals surface area contributed by atoms with Crippen molar-refractivity contribution in [1.82, 2.24) is 9.13 Å². The average molecular weight is 501 g/mol.